The first kappa shape index (κ1) is 14.3. The van der Waals surface area contributed by atoms with Crippen molar-refractivity contribution in [3.8, 4) is 0 Å². The molecule has 0 unspecified atom stereocenters. The van der Waals surface area contributed by atoms with Crippen molar-refractivity contribution in [1.82, 2.24) is 4.72 Å². The van der Waals surface area contributed by atoms with Gasteiger partial charge in [0.15, 0.2) is 0 Å². The van der Waals surface area contributed by atoms with Crippen LogP contribution in [0.2, 0.25) is 0 Å². The van der Waals surface area contributed by atoms with Crippen molar-refractivity contribution in [3.05, 3.63) is 23.5 Å². The van der Waals surface area contributed by atoms with Crippen molar-refractivity contribution in [2.45, 2.75) is 44.0 Å². The molecule has 0 saturated heterocycles. The van der Waals surface area contributed by atoms with E-state index in [2.05, 4.69) is 4.72 Å². The molecule has 106 valence electrons. The smallest absolute Gasteiger partial charge is 0.244 e. The summed E-state index contributed by atoms with van der Waals surface area (Å²) in [5.74, 6) is -0.459. The number of rotatable bonds is 4. The molecule has 19 heavy (non-hydrogen) atoms. The Balaban J connectivity index is 2.37. The molecular weight excluding hydrogens is 267 g/mol. The predicted molar refractivity (Wildman–Crippen MR) is 72.7 cm³/mol. The quantitative estimate of drug-likeness (QED) is 0.833. The highest BCUT2D eigenvalue weighted by Gasteiger charge is 2.41. The molecule has 1 aliphatic carbocycles. The van der Waals surface area contributed by atoms with E-state index in [1.54, 1.807) is 6.92 Å². The highest BCUT2D eigenvalue weighted by Crippen LogP contribution is 2.40. The monoisotopic (exact) mass is 286 g/mol. The molecule has 1 saturated carbocycles. The van der Waals surface area contributed by atoms with Crippen LogP contribution in [0.15, 0.2) is 17.0 Å². The van der Waals surface area contributed by atoms with Gasteiger partial charge in [0.1, 0.15) is 10.7 Å². The molecule has 6 heteroatoms. The number of nitrogens with two attached hydrogens (primary N) is 1. The number of sulfonamides is 1. The van der Waals surface area contributed by atoms with E-state index >= 15 is 0 Å². The van der Waals surface area contributed by atoms with Crippen LogP contribution in [-0.2, 0) is 10.0 Å². The van der Waals surface area contributed by atoms with E-state index in [0.717, 1.165) is 18.9 Å². The zero-order chi connectivity index (χ0) is 14.4. The van der Waals surface area contributed by atoms with Gasteiger partial charge in [-0.15, -0.1) is 0 Å². The van der Waals surface area contributed by atoms with Crippen LogP contribution >= 0.6 is 0 Å². The van der Waals surface area contributed by atoms with Gasteiger partial charge < -0.3 is 5.73 Å². The molecule has 4 nitrogen and oxygen atoms in total. The average Bonchev–Trinajstić information content (AvgIpc) is 3.05. The minimum atomic E-state index is -3.90. The summed E-state index contributed by atoms with van der Waals surface area (Å²) in [6, 6.07) is 2.32. The third-order valence-electron chi connectivity index (χ3n) is 3.61. The van der Waals surface area contributed by atoms with Crippen LogP contribution in [0.3, 0.4) is 0 Å². The number of nitrogen functional groups attached to an aromatic ring is 1. The molecule has 0 radical (unpaired) electrons. The fraction of sp³-hybridized carbons (Fsp3) is 0.538. The lowest BCUT2D eigenvalue weighted by Crippen LogP contribution is -2.45. The molecule has 1 aliphatic rings. The van der Waals surface area contributed by atoms with Gasteiger partial charge in [-0.25, -0.2) is 17.5 Å². The second-order valence-corrected chi connectivity index (χ2v) is 7.39. The highest BCUT2D eigenvalue weighted by atomic mass is 32.2. The van der Waals surface area contributed by atoms with Gasteiger partial charge in [-0.2, -0.15) is 0 Å². The highest BCUT2D eigenvalue weighted by molar-refractivity contribution is 7.89. The van der Waals surface area contributed by atoms with E-state index in [1.165, 1.54) is 6.07 Å². The van der Waals surface area contributed by atoms with Crippen LogP contribution in [0, 0.1) is 18.7 Å². The normalized spacial score (nSPS) is 16.6. The van der Waals surface area contributed by atoms with Gasteiger partial charge in [0.25, 0.3) is 0 Å². The number of halogens is 1. The van der Waals surface area contributed by atoms with Crippen LogP contribution in [0.25, 0.3) is 0 Å². The van der Waals surface area contributed by atoms with Gasteiger partial charge in [-0.3, -0.25) is 0 Å². The Labute approximate surface area is 113 Å². The zero-order valence-electron chi connectivity index (χ0n) is 11.3. The van der Waals surface area contributed by atoms with Gasteiger partial charge in [0.2, 0.25) is 10.0 Å². The Hall–Kier alpha value is -1.14. The van der Waals surface area contributed by atoms with Crippen molar-refractivity contribution in [1.29, 1.82) is 0 Å². The van der Waals surface area contributed by atoms with E-state index in [9.17, 15) is 12.8 Å². The standard InChI is InChI=1S/C13H19FN2O2S/c1-8-6-10(14)12(7-11(8)15)19(17,18)16-13(2,3)9-4-5-9/h6-7,9,16H,4-5,15H2,1-3H3. The lowest BCUT2D eigenvalue weighted by atomic mass is 10.0. The van der Waals surface area contributed by atoms with Crippen LogP contribution in [0.1, 0.15) is 32.3 Å². The topological polar surface area (TPSA) is 72.2 Å². The minimum absolute atomic E-state index is 0.269. The van der Waals surface area contributed by atoms with Crippen molar-refractivity contribution in [3.63, 3.8) is 0 Å². The Kier molecular flexibility index (Phi) is 3.35. The first-order valence-corrected chi connectivity index (χ1v) is 7.71. The van der Waals surface area contributed by atoms with Crippen LogP contribution in [0.5, 0.6) is 0 Å². The summed E-state index contributed by atoms with van der Waals surface area (Å²) in [6.07, 6.45) is 1.99. The van der Waals surface area contributed by atoms with E-state index in [0.29, 0.717) is 11.5 Å². The maximum absolute atomic E-state index is 13.8. The second kappa shape index (κ2) is 4.45. The Morgan fingerprint density at radius 2 is 1.95 bits per heavy atom. The fourth-order valence-electron chi connectivity index (χ4n) is 2.16. The summed E-state index contributed by atoms with van der Waals surface area (Å²) in [5, 5.41) is 0. The summed E-state index contributed by atoms with van der Waals surface area (Å²) in [6.45, 7) is 5.27. The molecule has 0 aromatic heterocycles. The molecule has 0 amide bonds. The summed E-state index contributed by atoms with van der Waals surface area (Å²) in [4.78, 5) is -0.385. The van der Waals surface area contributed by atoms with E-state index < -0.39 is 21.4 Å². The van der Waals surface area contributed by atoms with Crippen molar-refractivity contribution >= 4 is 15.7 Å². The first-order valence-electron chi connectivity index (χ1n) is 6.23. The molecule has 0 heterocycles. The summed E-state index contributed by atoms with van der Waals surface area (Å²) >= 11 is 0. The maximum atomic E-state index is 13.8. The van der Waals surface area contributed by atoms with Crippen LogP contribution < -0.4 is 10.5 Å². The summed E-state index contributed by atoms with van der Waals surface area (Å²) in [5.41, 5.74) is 5.89. The lowest BCUT2D eigenvalue weighted by molar-refractivity contribution is 0.399. The van der Waals surface area contributed by atoms with E-state index in [-0.39, 0.29) is 10.6 Å². The fourth-order valence-corrected chi connectivity index (χ4v) is 3.73. The average molecular weight is 286 g/mol. The maximum Gasteiger partial charge on any atom is 0.244 e. The largest absolute Gasteiger partial charge is 0.398 e. The molecule has 3 N–H and O–H groups in total. The number of benzene rings is 1. The number of hydrogen-bond acceptors (Lipinski definition) is 3. The Morgan fingerprint density at radius 1 is 1.37 bits per heavy atom. The molecular formula is C13H19FN2O2S. The summed E-state index contributed by atoms with van der Waals surface area (Å²) < 4.78 is 40.9. The molecule has 1 fully saturated rings. The van der Waals surface area contributed by atoms with Gasteiger partial charge in [0.05, 0.1) is 0 Å². The molecule has 2 rings (SSSR count). The second-order valence-electron chi connectivity index (χ2n) is 5.74. The van der Waals surface area contributed by atoms with Gasteiger partial charge in [0, 0.05) is 11.2 Å². The van der Waals surface area contributed by atoms with E-state index in [1.807, 2.05) is 13.8 Å². The van der Waals surface area contributed by atoms with Crippen molar-refractivity contribution < 1.29 is 12.8 Å². The van der Waals surface area contributed by atoms with Crippen molar-refractivity contribution in [2.24, 2.45) is 5.92 Å². The third kappa shape index (κ3) is 2.90. The molecule has 0 atom stereocenters. The molecule has 1 aromatic carbocycles. The van der Waals surface area contributed by atoms with Gasteiger partial charge in [-0.05, 0) is 57.2 Å². The van der Waals surface area contributed by atoms with Gasteiger partial charge >= 0.3 is 0 Å². The van der Waals surface area contributed by atoms with E-state index in [4.69, 9.17) is 5.73 Å². The molecule has 0 aliphatic heterocycles. The number of anilines is 1. The Bertz CT molecular complexity index is 607. The first-order chi connectivity index (χ1) is 8.63. The third-order valence-corrected chi connectivity index (χ3v) is 5.29. The van der Waals surface area contributed by atoms with Gasteiger partial charge in [-0.1, -0.05) is 0 Å². The van der Waals surface area contributed by atoms with Crippen LogP contribution in [0.4, 0.5) is 10.1 Å². The molecule has 1 aromatic rings. The molecule has 0 bridgehead atoms. The zero-order valence-corrected chi connectivity index (χ0v) is 12.1. The number of hydrogen-bond donors (Lipinski definition) is 2. The molecule has 0 spiro atoms. The van der Waals surface area contributed by atoms with Crippen LogP contribution in [-0.4, -0.2) is 14.0 Å². The minimum Gasteiger partial charge on any atom is -0.398 e. The number of nitrogens with one attached hydrogen (secondary N) is 1. The predicted octanol–water partition coefficient (Wildman–Crippen LogP) is 2.18. The summed E-state index contributed by atoms with van der Waals surface area (Å²) in [7, 11) is -3.90. The van der Waals surface area contributed by atoms with Crippen molar-refractivity contribution in [2.75, 3.05) is 5.73 Å². The number of aryl methyl sites for hydroxylation is 1. The SMILES string of the molecule is Cc1cc(F)c(S(=O)(=O)NC(C)(C)C2CC2)cc1N. The lowest BCUT2D eigenvalue weighted by Gasteiger charge is -2.26. The Morgan fingerprint density at radius 3 is 2.47 bits per heavy atom.